The van der Waals surface area contributed by atoms with E-state index in [1.54, 1.807) is 12.3 Å². The van der Waals surface area contributed by atoms with Gasteiger partial charge < -0.3 is 4.42 Å². The standard InChI is InChI=1S/C14H10F2N2O4S2/c1-7-6-23-13(17-7)18-11(5-22-14(18)19)8-3-9(15)12(10(16)4-8)24(2,20)21/h3-6H,1-2H3. The molecule has 2 aromatic heterocycles. The quantitative estimate of drug-likeness (QED) is 0.706. The molecule has 1 aromatic carbocycles. The van der Waals surface area contributed by atoms with Crippen LogP contribution in [-0.4, -0.2) is 24.2 Å². The van der Waals surface area contributed by atoms with Crippen molar-refractivity contribution in [2.24, 2.45) is 0 Å². The fraction of sp³-hybridized carbons (Fsp3) is 0.143. The van der Waals surface area contributed by atoms with Gasteiger partial charge in [-0.3, -0.25) is 0 Å². The van der Waals surface area contributed by atoms with Gasteiger partial charge in [-0.05, 0) is 19.1 Å². The number of nitrogens with zero attached hydrogens (tertiary/aromatic N) is 2. The molecule has 2 heterocycles. The summed E-state index contributed by atoms with van der Waals surface area (Å²) in [5.41, 5.74) is 0.683. The van der Waals surface area contributed by atoms with Gasteiger partial charge in [0, 0.05) is 17.2 Å². The van der Waals surface area contributed by atoms with E-state index in [1.807, 2.05) is 0 Å². The number of aryl methyl sites for hydroxylation is 1. The molecule has 6 nitrogen and oxygen atoms in total. The first kappa shape index (κ1) is 16.5. The number of benzene rings is 1. The summed E-state index contributed by atoms with van der Waals surface area (Å²) in [5.74, 6) is -3.27. The highest BCUT2D eigenvalue weighted by molar-refractivity contribution is 7.90. The van der Waals surface area contributed by atoms with Crippen molar-refractivity contribution in [1.82, 2.24) is 9.55 Å². The molecule has 3 aromatic rings. The Morgan fingerprint density at radius 1 is 1.25 bits per heavy atom. The Morgan fingerprint density at radius 2 is 1.88 bits per heavy atom. The van der Waals surface area contributed by atoms with Crippen LogP contribution in [0.2, 0.25) is 0 Å². The van der Waals surface area contributed by atoms with E-state index in [2.05, 4.69) is 4.98 Å². The number of hydrogen-bond donors (Lipinski definition) is 0. The Bertz CT molecular complexity index is 1070. The van der Waals surface area contributed by atoms with Crippen LogP contribution >= 0.6 is 11.3 Å². The average Bonchev–Trinajstić information content (AvgIpc) is 3.02. The first-order valence-electron chi connectivity index (χ1n) is 6.51. The van der Waals surface area contributed by atoms with E-state index >= 15 is 0 Å². The molecule has 0 aliphatic heterocycles. The normalized spacial score (nSPS) is 11.8. The molecule has 3 rings (SSSR count). The predicted octanol–water partition coefficient (Wildman–Crippen LogP) is 2.54. The van der Waals surface area contributed by atoms with Crippen LogP contribution in [0.3, 0.4) is 0 Å². The summed E-state index contributed by atoms with van der Waals surface area (Å²) in [5, 5.41) is 1.97. The zero-order valence-electron chi connectivity index (χ0n) is 12.4. The maximum atomic E-state index is 14.1. The van der Waals surface area contributed by atoms with Gasteiger partial charge in [-0.15, -0.1) is 11.3 Å². The Hall–Kier alpha value is -2.33. The van der Waals surface area contributed by atoms with Crippen LogP contribution in [-0.2, 0) is 9.84 Å². The van der Waals surface area contributed by atoms with E-state index < -0.39 is 32.1 Å². The van der Waals surface area contributed by atoms with E-state index in [-0.39, 0.29) is 16.4 Å². The van der Waals surface area contributed by atoms with E-state index in [0.717, 1.165) is 34.3 Å². The molecule has 0 spiro atoms. The molecule has 0 amide bonds. The zero-order chi connectivity index (χ0) is 17.6. The Labute approximate surface area is 138 Å². The Morgan fingerprint density at radius 3 is 2.38 bits per heavy atom. The van der Waals surface area contributed by atoms with Crippen molar-refractivity contribution in [3.8, 4) is 16.4 Å². The van der Waals surface area contributed by atoms with Crippen molar-refractivity contribution in [1.29, 1.82) is 0 Å². The molecule has 24 heavy (non-hydrogen) atoms. The van der Waals surface area contributed by atoms with E-state index in [9.17, 15) is 22.0 Å². The Balaban J connectivity index is 2.24. The number of sulfone groups is 1. The lowest BCUT2D eigenvalue weighted by Crippen LogP contribution is -2.13. The molecule has 0 atom stereocenters. The summed E-state index contributed by atoms with van der Waals surface area (Å²) < 4.78 is 56.9. The SMILES string of the molecule is Cc1csc(-n2c(-c3cc(F)c(S(C)(=O)=O)c(F)c3)coc2=O)n1. The van der Waals surface area contributed by atoms with Gasteiger partial charge in [0.25, 0.3) is 0 Å². The van der Waals surface area contributed by atoms with E-state index in [4.69, 9.17) is 4.42 Å². The van der Waals surface area contributed by atoms with Crippen molar-refractivity contribution in [3.63, 3.8) is 0 Å². The fourth-order valence-corrected chi connectivity index (χ4v) is 3.82. The number of halogens is 2. The first-order chi connectivity index (χ1) is 11.2. The minimum atomic E-state index is -4.07. The molecule has 126 valence electrons. The highest BCUT2D eigenvalue weighted by atomic mass is 32.2. The molecule has 0 bridgehead atoms. The molecular weight excluding hydrogens is 362 g/mol. The number of rotatable bonds is 3. The lowest BCUT2D eigenvalue weighted by Gasteiger charge is -2.07. The highest BCUT2D eigenvalue weighted by Gasteiger charge is 2.23. The third kappa shape index (κ3) is 2.78. The molecule has 0 fully saturated rings. The van der Waals surface area contributed by atoms with Gasteiger partial charge in [0.1, 0.15) is 22.8 Å². The molecule has 10 heteroatoms. The van der Waals surface area contributed by atoms with Crippen LogP contribution in [0.15, 0.2) is 37.9 Å². The topological polar surface area (TPSA) is 82.2 Å². The Kier molecular flexibility index (Phi) is 3.88. The molecule has 0 N–H and O–H groups in total. The van der Waals surface area contributed by atoms with E-state index in [0.29, 0.717) is 11.9 Å². The second-order valence-electron chi connectivity index (χ2n) is 5.03. The molecular formula is C14H10F2N2O4S2. The maximum Gasteiger partial charge on any atom is 0.425 e. The lowest BCUT2D eigenvalue weighted by atomic mass is 10.1. The highest BCUT2D eigenvalue weighted by Crippen LogP contribution is 2.28. The van der Waals surface area contributed by atoms with Crippen LogP contribution in [0.4, 0.5) is 8.78 Å². The third-order valence-corrected chi connectivity index (χ3v) is 5.23. The molecule has 0 aliphatic rings. The minimum Gasteiger partial charge on any atom is -0.415 e. The summed E-state index contributed by atoms with van der Waals surface area (Å²) in [6.07, 6.45) is 1.74. The summed E-state index contributed by atoms with van der Waals surface area (Å²) in [7, 11) is -4.07. The first-order valence-corrected chi connectivity index (χ1v) is 9.28. The summed E-state index contributed by atoms with van der Waals surface area (Å²) in [6.45, 7) is 1.73. The van der Waals surface area contributed by atoms with Crippen LogP contribution < -0.4 is 5.76 Å². The van der Waals surface area contributed by atoms with Crippen LogP contribution in [0.5, 0.6) is 0 Å². The second kappa shape index (κ2) is 5.64. The van der Waals surface area contributed by atoms with Crippen molar-refractivity contribution in [2.45, 2.75) is 11.8 Å². The molecule has 0 unspecified atom stereocenters. The molecule has 0 radical (unpaired) electrons. The van der Waals surface area contributed by atoms with E-state index in [1.165, 1.54) is 0 Å². The van der Waals surface area contributed by atoms with Gasteiger partial charge in [0.05, 0.1) is 11.4 Å². The number of hydrogen-bond acceptors (Lipinski definition) is 6. The fourth-order valence-electron chi connectivity index (χ4n) is 2.19. The number of aromatic nitrogens is 2. The van der Waals surface area contributed by atoms with Crippen LogP contribution in [0.25, 0.3) is 16.4 Å². The van der Waals surface area contributed by atoms with Crippen LogP contribution in [0, 0.1) is 18.6 Å². The number of oxazole rings is 1. The van der Waals surface area contributed by atoms with Crippen molar-refractivity contribution in [2.75, 3.05) is 6.26 Å². The van der Waals surface area contributed by atoms with Gasteiger partial charge in [-0.2, -0.15) is 0 Å². The van der Waals surface area contributed by atoms with Crippen molar-refractivity contribution < 1.29 is 21.6 Å². The summed E-state index contributed by atoms with van der Waals surface area (Å²) in [6, 6.07) is 1.67. The maximum absolute atomic E-state index is 14.1. The number of thiazole rings is 1. The molecule has 0 saturated heterocycles. The van der Waals surface area contributed by atoms with Gasteiger partial charge in [0.15, 0.2) is 15.0 Å². The summed E-state index contributed by atoms with van der Waals surface area (Å²) >= 11 is 1.15. The van der Waals surface area contributed by atoms with Gasteiger partial charge in [-0.25, -0.2) is 31.5 Å². The average molecular weight is 372 g/mol. The molecule has 0 saturated carbocycles. The minimum absolute atomic E-state index is 0.0453. The zero-order valence-corrected chi connectivity index (χ0v) is 14.0. The van der Waals surface area contributed by atoms with Crippen LogP contribution in [0.1, 0.15) is 5.69 Å². The van der Waals surface area contributed by atoms with Gasteiger partial charge in [0.2, 0.25) is 0 Å². The lowest BCUT2D eigenvalue weighted by molar-refractivity contribution is 0.504. The second-order valence-corrected chi connectivity index (χ2v) is 7.82. The monoisotopic (exact) mass is 372 g/mol. The largest absolute Gasteiger partial charge is 0.425 e. The predicted molar refractivity (Wildman–Crippen MR) is 83.2 cm³/mol. The van der Waals surface area contributed by atoms with Gasteiger partial charge in [-0.1, -0.05) is 0 Å². The van der Waals surface area contributed by atoms with Gasteiger partial charge >= 0.3 is 5.76 Å². The summed E-state index contributed by atoms with van der Waals surface area (Å²) in [4.78, 5) is 15.0. The molecule has 0 aliphatic carbocycles. The van der Waals surface area contributed by atoms with Crippen molar-refractivity contribution >= 4 is 21.2 Å². The van der Waals surface area contributed by atoms with Crippen molar-refractivity contribution in [3.05, 3.63) is 51.7 Å². The third-order valence-electron chi connectivity index (χ3n) is 3.16. The smallest absolute Gasteiger partial charge is 0.415 e.